The van der Waals surface area contributed by atoms with E-state index in [-0.39, 0.29) is 12.4 Å². The van der Waals surface area contributed by atoms with E-state index in [2.05, 4.69) is 5.32 Å². The Morgan fingerprint density at radius 1 is 0.920 bits per heavy atom. The summed E-state index contributed by atoms with van der Waals surface area (Å²) in [6, 6.07) is 17.4. The molecule has 0 heterocycles. The highest BCUT2D eigenvalue weighted by molar-refractivity contribution is 5.95. The maximum atomic E-state index is 12.5. The van der Waals surface area contributed by atoms with Crippen molar-refractivity contribution < 1.29 is 22.7 Å². The van der Waals surface area contributed by atoms with Crippen molar-refractivity contribution in [3.8, 4) is 5.75 Å². The van der Waals surface area contributed by atoms with Crippen LogP contribution in [0.4, 0.5) is 18.9 Å². The molecule has 0 fully saturated rings. The lowest BCUT2D eigenvalue weighted by Gasteiger charge is -2.10. The maximum Gasteiger partial charge on any atom is 0.416 e. The number of fused-ring (bicyclic) bond motifs is 1. The molecule has 0 atom stereocenters. The van der Waals surface area contributed by atoms with E-state index in [1.165, 1.54) is 12.1 Å². The van der Waals surface area contributed by atoms with Gasteiger partial charge < -0.3 is 10.1 Å². The number of rotatable bonds is 4. The fraction of sp³-hybridized carbons (Fsp3) is 0.105. The van der Waals surface area contributed by atoms with Crippen molar-refractivity contribution in [2.24, 2.45) is 0 Å². The van der Waals surface area contributed by atoms with Gasteiger partial charge in [0.25, 0.3) is 5.91 Å². The van der Waals surface area contributed by atoms with Crippen molar-refractivity contribution in [3.63, 3.8) is 0 Å². The normalized spacial score (nSPS) is 11.3. The van der Waals surface area contributed by atoms with Crippen LogP contribution >= 0.6 is 0 Å². The molecular weight excluding hydrogens is 331 g/mol. The second kappa shape index (κ2) is 6.84. The van der Waals surface area contributed by atoms with E-state index >= 15 is 0 Å². The summed E-state index contributed by atoms with van der Waals surface area (Å²) in [6.45, 7) is -0.293. The Labute approximate surface area is 142 Å². The molecule has 0 unspecified atom stereocenters. The third kappa shape index (κ3) is 4.29. The number of hydrogen-bond acceptors (Lipinski definition) is 2. The minimum atomic E-state index is -4.40. The largest absolute Gasteiger partial charge is 0.484 e. The minimum Gasteiger partial charge on any atom is -0.484 e. The fourth-order valence-corrected chi connectivity index (χ4v) is 2.35. The van der Waals surface area contributed by atoms with Gasteiger partial charge in [0.2, 0.25) is 0 Å². The summed E-state index contributed by atoms with van der Waals surface area (Å²) in [4.78, 5) is 11.9. The van der Waals surface area contributed by atoms with E-state index in [1.54, 1.807) is 6.07 Å². The van der Waals surface area contributed by atoms with Crippen molar-refractivity contribution in [2.75, 3.05) is 11.9 Å². The number of alkyl halides is 3. The molecule has 1 N–H and O–H groups in total. The van der Waals surface area contributed by atoms with Gasteiger partial charge in [-0.15, -0.1) is 0 Å². The van der Waals surface area contributed by atoms with Crippen molar-refractivity contribution in [3.05, 3.63) is 72.3 Å². The molecule has 0 saturated heterocycles. The fourth-order valence-electron chi connectivity index (χ4n) is 2.35. The number of benzene rings is 3. The number of hydrogen-bond donors (Lipinski definition) is 1. The molecule has 3 aromatic rings. The predicted molar refractivity (Wildman–Crippen MR) is 89.5 cm³/mol. The van der Waals surface area contributed by atoms with Crippen LogP contribution in [0.3, 0.4) is 0 Å². The van der Waals surface area contributed by atoms with Gasteiger partial charge in [-0.3, -0.25) is 4.79 Å². The Kier molecular flexibility index (Phi) is 4.61. The lowest BCUT2D eigenvalue weighted by Crippen LogP contribution is -2.20. The molecule has 25 heavy (non-hydrogen) atoms. The van der Waals surface area contributed by atoms with Crippen LogP contribution in [0, 0.1) is 0 Å². The van der Waals surface area contributed by atoms with Crippen molar-refractivity contribution >= 4 is 22.4 Å². The Morgan fingerprint density at radius 2 is 1.60 bits per heavy atom. The van der Waals surface area contributed by atoms with Gasteiger partial charge in [-0.2, -0.15) is 13.2 Å². The first-order valence-corrected chi connectivity index (χ1v) is 7.50. The monoisotopic (exact) mass is 345 g/mol. The zero-order valence-corrected chi connectivity index (χ0v) is 13.0. The topological polar surface area (TPSA) is 38.3 Å². The Balaban J connectivity index is 1.58. The van der Waals surface area contributed by atoms with Gasteiger partial charge in [-0.1, -0.05) is 30.3 Å². The molecule has 0 aliphatic heterocycles. The average molecular weight is 345 g/mol. The first-order valence-electron chi connectivity index (χ1n) is 7.50. The number of carbonyl (C=O) groups is 1. The molecular formula is C19H14F3NO2. The average Bonchev–Trinajstić information content (AvgIpc) is 2.59. The van der Waals surface area contributed by atoms with Crippen LogP contribution < -0.4 is 10.1 Å². The van der Waals surface area contributed by atoms with Crippen molar-refractivity contribution in [1.82, 2.24) is 0 Å². The molecule has 3 nitrogen and oxygen atoms in total. The number of nitrogens with one attached hydrogen (secondary N) is 1. The van der Waals surface area contributed by atoms with Gasteiger partial charge >= 0.3 is 6.18 Å². The molecule has 0 saturated carbocycles. The molecule has 0 bridgehead atoms. The zero-order chi connectivity index (χ0) is 17.9. The Hall–Kier alpha value is -3.02. The van der Waals surface area contributed by atoms with E-state index in [0.29, 0.717) is 5.69 Å². The molecule has 128 valence electrons. The maximum absolute atomic E-state index is 12.5. The van der Waals surface area contributed by atoms with Gasteiger partial charge in [-0.25, -0.2) is 0 Å². The molecule has 3 aromatic carbocycles. The quantitative estimate of drug-likeness (QED) is 0.732. The highest BCUT2D eigenvalue weighted by Crippen LogP contribution is 2.30. The number of ether oxygens (including phenoxy) is 1. The Bertz CT molecular complexity index is 889. The van der Waals surface area contributed by atoms with Gasteiger partial charge in [0.05, 0.1) is 5.56 Å². The van der Waals surface area contributed by atoms with E-state index in [9.17, 15) is 18.0 Å². The molecule has 0 aliphatic rings. The van der Waals surface area contributed by atoms with E-state index in [4.69, 9.17) is 4.74 Å². The van der Waals surface area contributed by atoms with E-state index in [0.717, 1.165) is 22.9 Å². The summed E-state index contributed by atoms with van der Waals surface area (Å²) in [5.41, 5.74) is -0.139. The smallest absolute Gasteiger partial charge is 0.416 e. The highest BCUT2D eigenvalue weighted by atomic mass is 19.4. The summed E-state index contributed by atoms with van der Waals surface area (Å²) < 4.78 is 42.7. The first kappa shape index (κ1) is 16.8. The lowest BCUT2D eigenvalue weighted by atomic mass is 10.1. The second-order valence-electron chi connectivity index (χ2n) is 5.42. The molecule has 3 rings (SSSR count). The third-order valence-corrected chi connectivity index (χ3v) is 3.58. The van der Waals surface area contributed by atoms with Crippen LogP contribution in [0.15, 0.2) is 66.7 Å². The van der Waals surface area contributed by atoms with Crippen LogP contribution in [-0.2, 0) is 11.0 Å². The van der Waals surface area contributed by atoms with Crippen LogP contribution in [0.2, 0.25) is 0 Å². The third-order valence-electron chi connectivity index (χ3n) is 3.58. The van der Waals surface area contributed by atoms with Gasteiger partial charge in [-0.05, 0) is 47.2 Å². The molecule has 1 amide bonds. The molecule has 6 heteroatoms. The number of anilines is 1. The van der Waals surface area contributed by atoms with E-state index < -0.39 is 17.6 Å². The summed E-state index contributed by atoms with van der Waals surface area (Å²) in [5, 5.41) is 4.74. The van der Waals surface area contributed by atoms with Crippen LogP contribution in [0.25, 0.3) is 10.8 Å². The van der Waals surface area contributed by atoms with Crippen LogP contribution in [0.1, 0.15) is 5.56 Å². The number of halogens is 3. The van der Waals surface area contributed by atoms with Gasteiger partial charge in [0.1, 0.15) is 5.75 Å². The number of amides is 1. The standard InChI is InChI=1S/C19H14F3NO2/c20-19(21,22)15-6-9-17(10-7-15)25-12-18(24)23-16-8-5-13-3-1-2-4-14(13)11-16/h1-11H,12H2,(H,23,24). The molecule has 0 aliphatic carbocycles. The summed E-state index contributed by atoms with van der Waals surface area (Å²) >= 11 is 0. The van der Waals surface area contributed by atoms with E-state index in [1.807, 2.05) is 36.4 Å². The van der Waals surface area contributed by atoms with Crippen LogP contribution in [-0.4, -0.2) is 12.5 Å². The molecule has 0 radical (unpaired) electrons. The lowest BCUT2D eigenvalue weighted by molar-refractivity contribution is -0.137. The minimum absolute atomic E-state index is 0.196. The first-order chi connectivity index (χ1) is 11.9. The molecule has 0 spiro atoms. The SMILES string of the molecule is O=C(COc1ccc(C(F)(F)F)cc1)Nc1ccc2ccccc2c1. The van der Waals surface area contributed by atoms with Gasteiger partial charge in [0, 0.05) is 5.69 Å². The number of carbonyl (C=O) groups excluding carboxylic acids is 1. The Morgan fingerprint density at radius 3 is 2.28 bits per heavy atom. The predicted octanol–water partition coefficient (Wildman–Crippen LogP) is 4.88. The zero-order valence-electron chi connectivity index (χ0n) is 13.0. The van der Waals surface area contributed by atoms with Crippen molar-refractivity contribution in [2.45, 2.75) is 6.18 Å². The summed E-state index contributed by atoms with van der Waals surface area (Å²) in [5.74, 6) is -0.197. The summed E-state index contributed by atoms with van der Waals surface area (Å²) in [6.07, 6.45) is -4.40. The van der Waals surface area contributed by atoms with Crippen LogP contribution in [0.5, 0.6) is 5.75 Å². The van der Waals surface area contributed by atoms with Gasteiger partial charge in [0.15, 0.2) is 6.61 Å². The molecule has 0 aromatic heterocycles. The van der Waals surface area contributed by atoms with Crippen molar-refractivity contribution in [1.29, 1.82) is 0 Å². The summed E-state index contributed by atoms with van der Waals surface area (Å²) in [7, 11) is 0. The highest BCUT2D eigenvalue weighted by Gasteiger charge is 2.30. The second-order valence-corrected chi connectivity index (χ2v) is 5.42.